The Hall–Kier alpha value is -1.68. The van der Waals surface area contributed by atoms with Gasteiger partial charge in [0, 0.05) is 24.9 Å². The molecule has 0 fully saturated rings. The lowest BCUT2D eigenvalue weighted by Gasteiger charge is -2.04. The summed E-state index contributed by atoms with van der Waals surface area (Å²) in [5.74, 6) is -0.0455. The van der Waals surface area contributed by atoms with Gasteiger partial charge >= 0.3 is 0 Å². The molecule has 0 atom stereocenters. The predicted octanol–water partition coefficient (Wildman–Crippen LogP) is 1.89. The molecule has 104 valence electrons. The smallest absolute Gasteiger partial charge is 0.220 e. The van der Waals surface area contributed by atoms with Crippen molar-refractivity contribution in [3.63, 3.8) is 0 Å². The van der Waals surface area contributed by atoms with Crippen LogP contribution in [-0.4, -0.2) is 24.8 Å². The third kappa shape index (κ3) is 6.72. The van der Waals surface area contributed by atoms with Crippen molar-refractivity contribution in [2.75, 3.05) is 13.1 Å². The minimum Gasteiger partial charge on any atom is -0.356 e. The van der Waals surface area contributed by atoms with Crippen LogP contribution >= 0.6 is 0 Å². The van der Waals surface area contributed by atoms with Crippen LogP contribution < -0.4 is 11.1 Å². The van der Waals surface area contributed by atoms with Gasteiger partial charge in [-0.25, -0.2) is 0 Å². The van der Waals surface area contributed by atoms with Crippen molar-refractivity contribution in [1.29, 1.82) is 0 Å². The van der Waals surface area contributed by atoms with Crippen LogP contribution in [0.5, 0.6) is 0 Å². The van der Waals surface area contributed by atoms with Crippen LogP contribution in [-0.2, 0) is 4.79 Å². The van der Waals surface area contributed by atoms with Gasteiger partial charge < -0.3 is 11.1 Å². The molecule has 0 saturated carbocycles. The van der Waals surface area contributed by atoms with Crippen molar-refractivity contribution < 1.29 is 9.59 Å². The van der Waals surface area contributed by atoms with E-state index in [1.807, 2.05) is 18.2 Å². The van der Waals surface area contributed by atoms with Gasteiger partial charge in [-0.05, 0) is 19.4 Å². The van der Waals surface area contributed by atoms with Gasteiger partial charge in [0.1, 0.15) is 0 Å². The van der Waals surface area contributed by atoms with E-state index in [1.165, 1.54) is 0 Å². The summed E-state index contributed by atoms with van der Waals surface area (Å²) < 4.78 is 0. The highest BCUT2D eigenvalue weighted by atomic mass is 16.2. The van der Waals surface area contributed by atoms with Gasteiger partial charge in [-0.3, -0.25) is 9.59 Å². The van der Waals surface area contributed by atoms with Crippen molar-refractivity contribution in [2.45, 2.75) is 32.1 Å². The fourth-order valence-electron chi connectivity index (χ4n) is 1.76. The zero-order chi connectivity index (χ0) is 13.9. The number of rotatable bonds is 9. The Bertz CT molecular complexity index is 390. The summed E-state index contributed by atoms with van der Waals surface area (Å²) in [4.78, 5) is 23.3. The van der Waals surface area contributed by atoms with Crippen LogP contribution in [0.1, 0.15) is 42.5 Å². The van der Waals surface area contributed by atoms with Gasteiger partial charge in [0.15, 0.2) is 5.78 Å². The molecule has 0 bridgehead atoms. The van der Waals surface area contributed by atoms with Crippen LogP contribution in [0.15, 0.2) is 30.3 Å². The summed E-state index contributed by atoms with van der Waals surface area (Å²) in [6.07, 6.45) is 3.47. The molecular weight excluding hydrogens is 240 g/mol. The van der Waals surface area contributed by atoms with E-state index in [4.69, 9.17) is 5.73 Å². The Balaban J connectivity index is 2.15. The average Bonchev–Trinajstić information content (AvgIpc) is 2.45. The molecule has 0 heterocycles. The normalized spacial score (nSPS) is 10.2. The first-order valence-corrected chi connectivity index (χ1v) is 6.79. The Morgan fingerprint density at radius 2 is 1.74 bits per heavy atom. The fourth-order valence-corrected chi connectivity index (χ4v) is 1.76. The van der Waals surface area contributed by atoms with Gasteiger partial charge in [0.2, 0.25) is 5.91 Å². The zero-order valence-electron chi connectivity index (χ0n) is 11.2. The highest BCUT2D eigenvalue weighted by molar-refractivity contribution is 5.97. The van der Waals surface area contributed by atoms with Crippen molar-refractivity contribution >= 4 is 11.7 Å². The lowest BCUT2D eigenvalue weighted by Crippen LogP contribution is -2.24. The molecule has 1 rings (SSSR count). The van der Waals surface area contributed by atoms with Crippen LogP contribution in [0.3, 0.4) is 0 Å². The number of carbonyl (C=O) groups is 2. The molecule has 0 aliphatic carbocycles. The Morgan fingerprint density at radius 3 is 2.42 bits per heavy atom. The van der Waals surface area contributed by atoms with E-state index in [2.05, 4.69) is 5.32 Å². The molecule has 1 amide bonds. The summed E-state index contributed by atoms with van der Waals surface area (Å²) in [7, 11) is 0. The van der Waals surface area contributed by atoms with Crippen molar-refractivity contribution in [3.05, 3.63) is 35.9 Å². The summed E-state index contributed by atoms with van der Waals surface area (Å²) in [5.41, 5.74) is 6.05. The third-order valence-electron chi connectivity index (χ3n) is 2.88. The molecule has 0 saturated heterocycles. The average molecular weight is 262 g/mol. The maximum Gasteiger partial charge on any atom is 0.220 e. The highest BCUT2D eigenvalue weighted by Gasteiger charge is 2.08. The summed E-state index contributed by atoms with van der Waals surface area (Å²) in [5, 5.41) is 2.82. The van der Waals surface area contributed by atoms with Gasteiger partial charge in [0.25, 0.3) is 0 Å². The number of hydrogen-bond acceptors (Lipinski definition) is 3. The number of Topliss-reactive ketones (excluding diaryl/α,β-unsaturated/α-hetero) is 1. The van der Waals surface area contributed by atoms with E-state index in [0.717, 1.165) is 19.3 Å². The first-order chi connectivity index (χ1) is 9.24. The molecule has 0 aromatic heterocycles. The Labute approximate surface area is 114 Å². The summed E-state index contributed by atoms with van der Waals surface area (Å²) in [6, 6.07) is 9.06. The SMILES string of the molecule is NCCCCCNC(=O)CCC(=O)c1ccccc1. The molecule has 4 heteroatoms. The van der Waals surface area contributed by atoms with Crippen molar-refractivity contribution in [1.82, 2.24) is 5.32 Å². The quantitative estimate of drug-likeness (QED) is 0.527. The lowest BCUT2D eigenvalue weighted by atomic mass is 10.1. The number of benzene rings is 1. The standard InChI is InChI=1S/C15H22N2O2/c16-11-5-2-6-12-17-15(19)10-9-14(18)13-7-3-1-4-8-13/h1,3-4,7-8H,2,5-6,9-12,16H2,(H,17,19). The summed E-state index contributed by atoms with van der Waals surface area (Å²) >= 11 is 0. The lowest BCUT2D eigenvalue weighted by molar-refractivity contribution is -0.121. The molecule has 3 N–H and O–H groups in total. The second kappa shape index (κ2) is 9.28. The monoisotopic (exact) mass is 262 g/mol. The van der Waals surface area contributed by atoms with E-state index in [0.29, 0.717) is 18.7 Å². The van der Waals surface area contributed by atoms with E-state index in [1.54, 1.807) is 12.1 Å². The largest absolute Gasteiger partial charge is 0.356 e. The number of ketones is 1. The van der Waals surface area contributed by atoms with Gasteiger partial charge in [-0.1, -0.05) is 36.8 Å². The molecule has 0 radical (unpaired) electrons. The Morgan fingerprint density at radius 1 is 1.00 bits per heavy atom. The molecule has 1 aromatic carbocycles. The summed E-state index contributed by atoms with van der Waals surface area (Å²) in [6.45, 7) is 1.36. The first kappa shape index (κ1) is 15.4. The maximum absolute atomic E-state index is 11.8. The minimum absolute atomic E-state index is 0.0129. The second-order valence-electron chi connectivity index (χ2n) is 4.49. The number of amides is 1. The molecular formula is C15H22N2O2. The zero-order valence-corrected chi connectivity index (χ0v) is 11.2. The minimum atomic E-state index is -0.0583. The molecule has 0 spiro atoms. The van der Waals surface area contributed by atoms with Crippen LogP contribution in [0.25, 0.3) is 0 Å². The number of hydrogen-bond donors (Lipinski definition) is 2. The topological polar surface area (TPSA) is 72.2 Å². The highest BCUT2D eigenvalue weighted by Crippen LogP contribution is 2.04. The molecule has 19 heavy (non-hydrogen) atoms. The third-order valence-corrected chi connectivity index (χ3v) is 2.88. The van der Waals surface area contributed by atoms with Crippen molar-refractivity contribution in [3.8, 4) is 0 Å². The number of carbonyl (C=O) groups excluding carboxylic acids is 2. The van der Waals surface area contributed by atoms with Crippen LogP contribution in [0, 0.1) is 0 Å². The van der Waals surface area contributed by atoms with Crippen LogP contribution in [0.4, 0.5) is 0 Å². The molecule has 0 aliphatic rings. The number of nitrogens with one attached hydrogen (secondary N) is 1. The van der Waals surface area contributed by atoms with E-state index < -0.39 is 0 Å². The van der Waals surface area contributed by atoms with Crippen LogP contribution in [0.2, 0.25) is 0 Å². The molecule has 4 nitrogen and oxygen atoms in total. The van der Waals surface area contributed by atoms with Gasteiger partial charge in [-0.2, -0.15) is 0 Å². The van der Waals surface area contributed by atoms with E-state index in [9.17, 15) is 9.59 Å². The first-order valence-electron chi connectivity index (χ1n) is 6.79. The molecule has 1 aromatic rings. The molecule has 0 aliphatic heterocycles. The molecule has 0 unspecified atom stereocenters. The number of unbranched alkanes of at least 4 members (excludes halogenated alkanes) is 2. The maximum atomic E-state index is 11.8. The van der Waals surface area contributed by atoms with Crippen molar-refractivity contribution in [2.24, 2.45) is 5.73 Å². The predicted molar refractivity (Wildman–Crippen MR) is 75.9 cm³/mol. The van der Waals surface area contributed by atoms with E-state index in [-0.39, 0.29) is 24.5 Å². The fraction of sp³-hybridized carbons (Fsp3) is 0.467. The van der Waals surface area contributed by atoms with Gasteiger partial charge in [-0.15, -0.1) is 0 Å². The Kier molecular flexibility index (Phi) is 7.51. The van der Waals surface area contributed by atoms with Gasteiger partial charge in [0.05, 0.1) is 0 Å². The second-order valence-corrected chi connectivity index (χ2v) is 4.49. The van der Waals surface area contributed by atoms with E-state index >= 15 is 0 Å². The number of nitrogens with two attached hydrogens (primary N) is 1.